The largest absolute Gasteiger partial charge is 0.322 e. The number of fused-ring (bicyclic) bond motifs is 1. The van der Waals surface area contributed by atoms with Crippen LogP contribution in [-0.2, 0) is 17.8 Å². The van der Waals surface area contributed by atoms with Crippen LogP contribution in [0.4, 0.5) is 18.9 Å². The van der Waals surface area contributed by atoms with E-state index in [0.717, 1.165) is 25.1 Å². The third kappa shape index (κ3) is 3.00. The van der Waals surface area contributed by atoms with Gasteiger partial charge in [-0.2, -0.15) is 0 Å². The second-order valence-electron chi connectivity index (χ2n) is 5.10. The Kier molecular flexibility index (Phi) is 4.17. The maximum atomic E-state index is 13.5. The first-order valence-corrected chi connectivity index (χ1v) is 7.63. The van der Waals surface area contributed by atoms with Gasteiger partial charge in [0.2, 0.25) is 5.91 Å². The zero-order valence-corrected chi connectivity index (χ0v) is 12.4. The molecule has 2 aromatic rings. The van der Waals surface area contributed by atoms with E-state index in [1.807, 2.05) is 16.3 Å². The van der Waals surface area contributed by atoms with Crippen molar-refractivity contribution >= 4 is 22.9 Å². The van der Waals surface area contributed by atoms with Crippen LogP contribution in [0.1, 0.15) is 10.4 Å². The number of halogens is 3. The molecule has 0 spiro atoms. The average Bonchev–Trinajstić information content (AvgIpc) is 2.95. The lowest BCUT2D eigenvalue weighted by Gasteiger charge is -2.26. The Morgan fingerprint density at radius 1 is 1.23 bits per heavy atom. The number of nitrogens with one attached hydrogen (secondary N) is 1. The maximum Gasteiger partial charge on any atom is 0.238 e. The van der Waals surface area contributed by atoms with E-state index in [0.29, 0.717) is 6.54 Å². The molecule has 1 aromatic carbocycles. The molecule has 0 unspecified atom stereocenters. The van der Waals surface area contributed by atoms with Crippen molar-refractivity contribution in [3.8, 4) is 0 Å². The number of hydrogen-bond acceptors (Lipinski definition) is 3. The third-order valence-electron chi connectivity index (χ3n) is 3.56. The van der Waals surface area contributed by atoms with Crippen molar-refractivity contribution < 1.29 is 18.0 Å². The van der Waals surface area contributed by atoms with Gasteiger partial charge in [0.25, 0.3) is 0 Å². The molecule has 0 saturated heterocycles. The van der Waals surface area contributed by atoms with Crippen molar-refractivity contribution in [3.05, 3.63) is 51.5 Å². The molecular formula is C15H13F3N2OS. The number of benzene rings is 1. The monoisotopic (exact) mass is 326 g/mol. The lowest BCUT2D eigenvalue weighted by molar-refractivity contribution is -0.117. The number of hydrogen-bond donors (Lipinski definition) is 1. The Morgan fingerprint density at radius 3 is 2.86 bits per heavy atom. The summed E-state index contributed by atoms with van der Waals surface area (Å²) in [6.45, 7) is 1.47. The van der Waals surface area contributed by atoms with Crippen molar-refractivity contribution in [1.29, 1.82) is 0 Å². The fourth-order valence-corrected chi connectivity index (χ4v) is 3.35. The van der Waals surface area contributed by atoms with E-state index in [1.165, 1.54) is 10.4 Å². The molecule has 2 heterocycles. The van der Waals surface area contributed by atoms with Gasteiger partial charge in [-0.25, -0.2) is 13.2 Å². The van der Waals surface area contributed by atoms with Gasteiger partial charge in [0.15, 0.2) is 17.5 Å². The van der Waals surface area contributed by atoms with Crippen molar-refractivity contribution in [2.24, 2.45) is 0 Å². The minimum absolute atomic E-state index is 0.0771. The van der Waals surface area contributed by atoms with Crippen LogP contribution in [0.25, 0.3) is 0 Å². The van der Waals surface area contributed by atoms with Gasteiger partial charge in [0.05, 0.1) is 12.2 Å². The van der Waals surface area contributed by atoms with E-state index in [9.17, 15) is 18.0 Å². The molecule has 0 bridgehead atoms. The van der Waals surface area contributed by atoms with Crippen LogP contribution in [-0.4, -0.2) is 23.9 Å². The van der Waals surface area contributed by atoms with Crippen LogP contribution in [0.2, 0.25) is 0 Å². The summed E-state index contributed by atoms with van der Waals surface area (Å²) in [5, 5.41) is 4.30. The zero-order valence-electron chi connectivity index (χ0n) is 11.5. The van der Waals surface area contributed by atoms with Crippen LogP contribution in [0.5, 0.6) is 0 Å². The lowest BCUT2D eigenvalue weighted by atomic mass is 10.1. The summed E-state index contributed by atoms with van der Waals surface area (Å²) in [7, 11) is 0. The van der Waals surface area contributed by atoms with Crippen molar-refractivity contribution in [2.75, 3.05) is 18.4 Å². The van der Waals surface area contributed by atoms with Crippen molar-refractivity contribution in [1.82, 2.24) is 4.90 Å². The molecule has 0 aliphatic carbocycles. The molecule has 1 amide bonds. The maximum absolute atomic E-state index is 13.5. The highest BCUT2D eigenvalue weighted by Gasteiger charge is 2.20. The normalized spacial score (nSPS) is 14.7. The molecule has 22 heavy (non-hydrogen) atoms. The van der Waals surface area contributed by atoms with E-state index < -0.39 is 23.4 Å². The molecule has 3 nitrogen and oxygen atoms in total. The second kappa shape index (κ2) is 6.10. The number of amides is 1. The molecule has 3 rings (SSSR count). The minimum Gasteiger partial charge on any atom is -0.322 e. The quantitative estimate of drug-likeness (QED) is 0.879. The van der Waals surface area contributed by atoms with Crippen molar-refractivity contribution in [3.63, 3.8) is 0 Å². The predicted octanol–water partition coefficient (Wildman–Crippen LogP) is 3.16. The molecule has 1 aromatic heterocycles. The predicted molar refractivity (Wildman–Crippen MR) is 78.2 cm³/mol. The van der Waals surface area contributed by atoms with Gasteiger partial charge in [-0.3, -0.25) is 9.69 Å². The first-order chi connectivity index (χ1) is 10.5. The summed E-state index contributed by atoms with van der Waals surface area (Å²) in [6.07, 6.45) is 0.875. The molecule has 0 saturated carbocycles. The summed E-state index contributed by atoms with van der Waals surface area (Å²) in [5.74, 6) is -4.70. The number of carbonyl (C=O) groups is 1. The SMILES string of the molecule is O=C(CN1CCc2sccc2C1)Nc1ccc(F)c(F)c1F. The Morgan fingerprint density at radius 2 is 2.05 bits per heavy atom. The molecule has 1 aliphatic rings. The highest BCUT2D eigenvalue weighted by molar-refractivity contribution is 7.10. The van der Waals surface area contributed by atoms with Gasteiger partial charge >= 0.3 is 0 Å². The number of anilines is 1. The molecule has 0 atom stereocenters. The van der Waals surface area contributed by atoms with E-state index in [4.69, 9.17) is 0 Å². The smallest absolute Gasteiger partial charge is 0.238 e. The Bertz CT molecular complexity index is 717. The molecule has 1 aliphatic heterocycles. The van der Waals surface area contributed by atoms with Gasteiger partial charge in [-0.15, -0.1) is 11.3 Å². The summed E-state index contributed by atoms with van der Waals surface area (Å²) >= 11 is 1.70. The van der Waals surface area contributed by atoms with Crippen LogP contribution in [0.3, 0.4) is 0 Å². The topological polar surface area (TPSA) is 32.3 Å². The molecule has 7 heteroatoms. The lowest BCUT2D eigenvalue weighted by Crippen LogP contribution is -2.36. The van der Waals surface area contributed by atoms with E-state index in [1.54, 1.807) is 11.3 Å². The fraction of sp³-hybridized carbons (Fsp3) is 0.267. The average molecular weight is 326 g/mol. The number of carbonyl (C=O) groups excluding carboxylic acids is 1. The van der Waals surface area contributed by atoms with Crippen LogP contribution < -0.4 is 5.32 Å². The summed E-state index contributed by atoms with van der Waals surface area (Å²) in [4.78, 5) is 15.2. The van der Waals surface area contributed by atoms with E-state index in [2.05, 4.69) is 5.32 Å². The number of rotatable bonds is 3. The van der Waals surface area contributed by atoms with E-state index >= 15 is 0 Å². The molecule has 116 valence electrons. The highest BCUT2D eigenvalue weighted by atomic mass is 32.1. The van der Waals surface area contributed by atoms with Gasteiger partial charge in [0, 0.05) is 18.0 Å². The first-order valence-electron chi connectivity index (χ1n) is 6.75. The van der Waals surface area contributed by atoms with Gasteiger partial charge in [-0.05, 0) is 35.6 Å². The third-order valence-corrected chi connectivity index (χ3v) is 4.59. The molecule has 1 N–H and O–H groups in total. The summed E-state index contributed by atoms with van der Waals surface area (Å²) in [6, 6.07) is 3.82. The van der Waals surface area contributed by atoms with Crippen molar-refractivity contribution in [2.45, 2.75) is 13.0 Å². The fourth-order valence-electron chi connectivity index (χ4n) is 2.46. The Hall–Kier alpha value is -1.86. The molecular weight excluding hydrogens is 313 g/mol. The highest BCUT2D eigenvalue weighted by Crippen LogP contribution is 2.24. The minimum atomic E-state index is -1.58. The van der Waals surface area contributed by atoms with E-state index in [-0.39, 0.29) is 12.2 Å². The Labute approximate surface area is 129 Å². The first kappa shape index (κ1) is 15.1. The van der Waals surface area contributed by atoms with Crippen LogP contribution in [0.15, 0.2) is 23.6 Å². The van der Waals surface area contributed by atoms with Crippen LogP contribution in [0, 0.1) is 17.5 Å². The summed E-state index contributed by atoms with van der Waals surface area (Å²) < 4.78 is 39.5. The number of thiophene rings is 1. The summed E-state index contributed by atoms with van der Waals surface area (Å²) in [5.41, 5.74) is 0.847. The standard InChI is InChI=1S/C15H13F3N2OS/c16-10-1-2-11(15(18)14(10)17)19-13(21)8-20-5-3-12-9(7-20)4-6-22-12/h1-2,4,6H,3,5,7-8H2,(H,19,21). The van der Waals surface area contributed by atoms with Crippen LogP contribution >= 0.6 is 11.3 Å². The van der Waals surface area contributed by atoms with Gasteiger partial charge in [0.1, 0.15) is 0 Å². The van der Waals surface area contributed by atoms with Gasteiger partial charge in [-0.1, -0.05) is 0 Å². The number of nitrogens with zero attached hydrogens (tertiary/aromatic N) is 1. The second-order valence-corrected chi connectivity index (χ2v) is 6.10. The zero-order chi connectivity index (χ0) is 15.7. The molecule has 0 radical (unpaired) electrons. The van der Waals surface area contributed by atoms with Gasteiger partial charge < -0.3 is 5.32 Å². The Balaban J connectivity index is 1.63. The molecule has 0 fully saturated rings.